The summed E-state index contributed by atoms with van der Waals surface area (Å²) in [6, 6.07) is 6.18. The van der Waals surface area contributed by atoms with Crippen LogP contribution in [0.25, 0.3) is 0 Å². The van der Waals surface area contributed by atoms with Gasteiger partial charge in [-0.25, -0.2) is 8.42 Å². The second kappa shape index (κ2) is 6.71. The van der Waals surface area contributed by atoms with Crippen LogP contribution in [0.3, 0.4) is 0 Å². The van der Waals surface area contributed by atoms with Gasteiger partial charge in [-0.1, -0.05) is 36.1 Å². The Morgan fingerprint density at radius 1 is 1.43 bits per heavy atom. The van der Waals surface area contributed by atoms with Crippen molar-refractivity contribution < 1.29 is 13.3 Å². The summed E-state index contributed by atoms with van der Waals surface area (Å²) in [6.45, 7) is 0. The zero-order chi connectivity index (χ0) is 15.5. The Bertz CT molecular complexity index is 643. The summed E-state index contributed by atoms with van der Waals surface area (Å²) in [6.07, 6.45) is 0.584. The zero-order valence-corrected chi connectivity index (χ0v) is 13.5. The lowest BCUT2D eigenvalue weighted by atomic mass is 10.2. The molecule has 6 nitrogen and oxygen atoms in total. The molecule has 114 valence electrons. The number of thiocarbonyl (C=S) groups is 1. The van der Waals surface area contributed by atoms with Gasteiger partial charge in [0.25, 0.3) is 5.69 Å². The van der Waals surface area contributed by atoms with E-state index in [1.54, 1.807) is 12.1 Å². The quantitative estimate of drug-likeness (QED) is 0.506. The summed E-state index contributed by atoms with van der Waals surface area (Å²) in [5, 5.41) is 13.6. The maximum absolute atomic E-state index is 11.3. The summed E-state index contributed by atoms with van der Waals surface area (Å²) in [4.78, 5) is 10.1. The number of non-ortho nitro benzene ring substituents is 1. The molecule has 9 heteroatoms. The van der Waals surface area contributed by atoms with Crippen LogP contribution >= 0.6 is 24.0 Å². The number of nitro groups is 1. The predicted octanol–water partition coefficient (Wildman–Crippen LogP) is 1.89. The van der Waals surface area contributed by atoms with E-state index in [-0.39, 0.29) is 23.2 Å². The van der Waals surface area contributed by atoms with Gasteiger partial charge in [0.05, 0.1) is 16.4 Å². The van der Waals surface area contributed by atoms with E-state index in [0.29, 0.717) is 16.5 Å². The number of nitrogens with zero attached hydrogens (tertiary/aromatic N) is 1. The van der Waals surface area contributed by atoms with E-state index in [2.05, 4.69) is 5.32 Å². The molecule has 0 unspecified atom stereocenters. The van der Waals surface area contributed by atoms with Crippen LogP contribution in [0.5, 0.6) is 0 Å². The number of thioether (sulfide) groups is 1. The van der Waals surface area contributed by atoms with Crippen molar-refractivity contribution in [2.45, 2.75) is 18.2 Å². The third-order valence-electron chi connectivity index (χ3n) is 3.07. The predicted molar refractivity (Wildman–Crippen MR) is 87.2 cm³/mol. The van der Waals surface area contributed by atoms with Crippen molar-refractivity contribution in [3.8, 4) is 0 Å². The summed E-state index contributed by atoms with van der Waals surface area (Å²) in [5.41, 5.74) is 0.981. The van der Waals surface area contributed by atoms with E-state index >= 15 is 0 Å². The molecule has 1 aromatic carbocycles. The third-order valence-corrected chi connectivity index (χ3v) is 6.17. The van der Waals surface area contributed by atoms with Gasteiger partial charge in [0.2, 0.25) is 0 Å². The number of benzene rings is 1. The average molecular weight is 346 g/mol. The van der Waals surface area contributed by atoms with Crippen molar-refractivity contribution in [2.24, 2.45) is 0 Å². The van der Waals surface area contributed by atoms with Crippen molar-refractivity contribution in [2.75, 3.05) is 11.5 Å². The van der Waals surface area contributed by atoms with Gasteiger partial charge in [-0.2, -0.15) is 0 Å². The second-order valence-electron chi connectivity index (χ2n) is 4.74. The summed E-state index contributed by atoms with van der Waals surface area (Å²) < 4.78 is 23.2. The highest BCUT2D eigenvalue weighted by Crippen LogP contribution is 2.18. The van der Waals surface area contributed by atoms with Crippen LogP contribution in [0.2, 0.25) is 0 Å². The zero-order valence-electron chi connectivity index (χ0n) is 11.0. The molecular weight excluding hydrogens is 332 g/mol. The van der Waals surface area contributed by atoms with Crippen LogP contribution in [-0.2, 0) is 15.6 Å². The molecule has 21 heavy (non-hydrogen) atoms. The first-order valence-corrected chi connectivity index (χ1v) is 9.44. The number of nitrogens with one attached hydrogen (secondary N) is 1. The topological polar surface area (TPSA) is 89.3 Å². The first kappa shape index (κ1) is 16.2. The van der Waals surface area contributed by atoms with Crippen molar-refractivity contribution >= 4 is 43.8 Å². The van der Waals surface area contributed by atoms with Gasteiger partial charge < -0.3 is 5.32 Å². The van der Waals surface area contributed by atoms with Crippen LogP contribution in [0.15, 0.2) is 24.3 Å². The Morgan fingerprint density at radius 3 is 2.62 bits per heavy atom. The lowest BCUT2D eigenvalue weighted by Crippen LogP contribution is -2.32. The fourth-order valence-corrected chi connectivity index (χ4v) is 4.74. The van der Waals surface area contributed by atoms with Gasteiger partial charge in [-0.15, -0.1) is 0 Å². The van der Waals surface area contributed by atoms with Crippen LogP contribution in [0, 0.1) is 10.1 Å². The number of rotatable bonds is 4. The van der Waals surface area contributed by atoms with Crippen LogP contribution in [0.4, 0.5) is 5.69 Å². The standard InChI is InChI=1S/C12H14N2O4S3/c15-14(16)11-3-1-9(2-4-11)7-20-12(19)13-10-5-6-21(17,18)8-10/h1-4,10H,5-8H2,(H,13,19)/t10-/m1/s1. The maximum Gasteiger partial charge on any atom is 0.269 e. The highest BCUT2D eigenvalue weighted by atomic mass is 32.2. The number of nitro benzene ring substituents is 1. The molecule has 0 radical (unpaired) electrons. The maximum atomic E-state index is 11.3. The Morgan fingerprint density at radius 2 is 2.10 bits per heavy atom. The van der Waals surface area contributed by atoms with E-state index in [1.807, 2.05) is 0 Å². The molecular formula is C12H14N2O4S3. The van der Waals surface area contributed by atoms with Crippen molar-refractivity contribution in [3.05, 3.63) is 39.9 Å². The summed E-state index contributed by atoms with van der Waals surface area (Å²) >= 11 is 6.57. The van der Waals surface area contributed by atoms with Gasteiger partial charge in [0.1, 0.15) is 4.32 Å². The molecule has 1 aromatic rings. The molecule has 1 aliphatic rings. The summed E-state index contributed by atoms with van der Waals surface area (Å²) in [7, 11) is -2.92. The van der Waals surface area contributed by atoms with Gasteiger partial charge in [-0.05, 0) is 12.0 Å². The highest BCUT2D eigenvalue weighted by molar-refractivity contribution is 8.22. The molecule has 0 aliphatic carbocycles. The normalized spacial score (nSPS) is 20.1. The molecule has 1 aliphatic heterocycles. The SMILES string of the molecule is O=[N+]([O-])c1ccc(CSC(=S)N[C@@H]2CCS(=O)(=O)C2)cc1. The van der Waals surface area contributed by atoms with Crippen molar-refractivity contribution in [3.63, 3.8) is 0 Å². The molecule has 1 fully saturated rings. The van der Waals surface area contributed by atoms with E-state index in [0.717, 1.165) is 5.56 Å². The second-order valence-corrected chi connectivity index (χ2v) is 8.62. The third kappa shape index (κ3) is 4.94. The average Bonchev–Trinajstić information content (AvgIpc) is 2.76. The molecule has 0 amide bonds. The monoisotopic (exact) mass is 346 g/mol. The minimum Gasteiger partial charge on any atom is -0.367 e. The molecule has 2 rings (SSSR count). The molecule has 0 aromatic heterocycles. The number of hydrogen-bond acceptors (Lipinski definition) is 6. The Balaban J connectivity index is 1.80. The number of sulfone groups is 1. The first-order chi connectivity index (χ1) is 9.85. The number of hydrogen-bond donors (Lipinski definition) is 1. The van der Waals surface area contributed by atoms with Crippen LogP contribution in [0.1, 0.15) is 12.0 Å². The minimum absolute atomic E-state index is 0.0561. The van der Waals surface area contributed by atoms with E-state index in [1.165, 1.54) is 23.9 Å². The molecule has 1 N–H and O–H groups in total. The summed E-state index contributed by atoms with van der Waals surface area (Å²) in [5.74, 6) is 0.925. The van der Waals surface area contributed by atoms with E-state index < -0.39 is 14.8 Å². The van der Waals surface area contributed by atoms with Crippen LogP contribution < -0.4 is 5.32 Å². The van der Waals surface area contributed by atoms with Crippen LogP contribution in [-0.4, -0.2) is 35.2 Å². The molecule has 0 bridgehead atoms. The molecule has 0 saturated carbocycles. The van der Waals surface area contributed by atoms with Gasteiger partial charge in [0, 0.05) is 23.9 Å². The van der Waals surface area contributed by atoms with Gasteiger partial charge >= 0.3 is 0 Å². The lowest BCUT2D eigenvalue weighted by Gasteiger charge is -2.12. The molecule has 1 saturated heterocycles. The fourth-order valence-electron chi connectivity index (χ4n) is 1.98. The Kier molecular flexibility index (Phi) is 5.17. The van der Waals surface area contributed by atoms with E-state index in [9.17, 15) is 18.5 Å². The first-order valence-electron chi connectivity index (χ1n) is 6.23. The van der Waals surface area contributed by atoms with Crippen molar-refractivity contribution in [1.29, 1.82) is 0 Å². The minimum atomic E-state index is -2.92. The molecule has 1 heterocycles. The Labute approximate surface area is 132 Å². The largest absolute Gasteiger partial charge is 0.367 e. The van der Waals surface area contributed by atoms with Gasteiger partial charge in [0.15, 0.2) is 9.84 Å². The van der Waals surface area contributed by atoms with Crippen molar-refractivity contribution in [1.82, 2.24) is 5.32 Å². The fraction of sp³-hybridized carbons (Fsp3) is 0.417. The highest BCUT2D eigenvalue weighted by Gasteiger charge is 2.28. The smallest absolute Gasteiger partial charge is 0.269 e. The van der Waals surface area contributed by atoms with Gasteiger partial charge in [-0.3, -0.25) is 10.1 Å². The lowest BCUT2D eigenvalue weighted by molar-refractivity contribution is -0.384. The Hall–Kier alpha value is -1.19. The molecule has 0 spiro atoms. The molecule has 1 atom stereocenters. The van der Waals surface area contributed by atoms with E-state index in [4.69, 9.17) is 12.2 Å².